The van der Waals surface area contributed by atoms with E-state index in [2.05, 4.69) is 20.8 Å². The number of aromatic nitrogens is 2. The van der Waals surface area contributed by atoms with Crippen molar-refractivity contribution in [3.8, 4) is 11.3 Å². The molecular formula is C19H18FN5O2. The number of H-pyrrole nitrogens is 1. The molecule has 1 atom stereocenters. The molecule has 0 aliphatic carbocycles. The molecule has 1 heterocycles. The Morgan fingerprint density at radius 2 is 1.85 bits per heavy atom. The van der Waals surface area contributed by atoms with Crippen LogP contribution in [-0.4, -0.2) is 22.1 Å². The van der Waals surface area contributed by atoms with Gasteiger partial charge in [-0.05, 0) is 42.8 Å². The molecule has 1 aromatic heterocycles. The fraction of sp³-hybridized carbons (Fsp3) is 0.105. The van der Waals surface area contributed by atoms with Gasteiger partial charge in [0, 0.05) is 11.3 Å². The van der Waals surface area contributed by atoms with Crippen LogP contribution >= 0.6 is 0 Å². The number of benzene rings is 2. The number of anilines is 1. The highest BCUT2D eigenvalue weighted by molar-refractivity contribution is 5.93. The molecule has 3 aromatic rings. The van der Waals surface area contributed by atoms with Crippen LogP contribution in [0.15, 0.2) is 54.6 Å². The van der Waals surface area contributed by atoms with E-state index in [0.29, 0.717) is 16.9 Å². The average Bonchev–Trinajstić information content (AvgIpc) is 3.12. The summed E-state index contributed by atoms with van der Waals surface area (Å²) in [6.07, 6.45) is 0. The van der Waals surface area contributed by atoms with Crippen molar-refractivity contribution in [1.29, 1.82) is 0 Å². The van der Waals surface area contributed by atoms with Crippen LogP contribution in [0, 0.1) is 5.82 Å². The zero-order valence-corrected chi connectivity index (χ0v) is 14.5. The van der Waals surface area contributed by atoms with Gasteiger partial charge in [0.05, 0.1) is 11.7 Å². The number of nitrogens with one attached hydrogen (secondary N) is 3. The van der Waals surface area contributed by atoms with Crippen molar-refractivity contribution in [2.75, 3.05) is 5.32 Å². The molecule has 1 unspecified atom stereocenters. The Bertz CT molecular complexity index is 968. The summed E-state index contributed by atoms with van der Waals surface area (Å²) < 4.78 is 13.8. The summed E-state index contributed by atoms with van der Waals surface area (Å²) in [7, 11) is 0. The van der Waals surface area contributed by atoms with Crippen molar-refractivity contribution < 1.29 is 14.0 Å². The Balaban J connectivity index is 1.68. The summed E-state index contributed by atoms with van der Waals surface area (Å²) in [4.78, 5) is 23.3. The number of urea groups is 1. The van der Waals surface area contributed by atoms with Crippen LogP contribution in [0.4, 0.5) is 14.9 Å². The van der Waals surface area contributed by atoms with E-state index in [1.807, 2.05) is 6.92 Å². The van der Waals surface area contributed by atoms with Gasteiger partial charge in [0.1, 0.15) is 11.5 Å². The second-order valence-electron chi connectivity index (χ2n) is 5.95. The number of nitrogens with two attached hydrogens (primary N) is 1. The first-order valence-corrected chi connectivity index (χ1v) is 8.21. The molecule has 0 spiro atoms. The molecule has 2 aromatic carbocycles. The molecule has 0 radical (unpaired) electrons. The number of nitrogens with zero attached hydrogens (tertiary/aromatic N) is 1. The van der Waals surface area contributed by atoms with E-state index in [1.54, 1.807) is 42.5 Å². The zero-order chi connectivity index (χ0) is 19.4. The third-order valence-corrected chi connectivity index (χ3v) is 4.00. The van der Waals surface area contributed by atoms with Gasteiger partial charge >= 0.3 is 6.03 Å². The van der Waals surface area contributed by atoms with E-state index in [4.69, 9.17) is 5.73 Å². The predicted molar refractivity (Wildman–Crippen MR) is 99.5 cm³/mol. The minimum Gasteiger partial charge on any atom is -0.351 e. The van der Waals surface area contributed by atoms with E-state index in [1.165, 1.54) is 12.1 Å². The SMILES string of the molecule is CC(NC(=O)c1cc(-c2ccccc2F)n[nH]1)c1ccc(NC(N)=O)cc1. The third kappa shape index (κ3) is 4.30. The number of carbonyl (C=O) groups excluding carboxylic acids is 2. The normalized spacial score (nSPS) is 11.6. The lowest BCUT2D eigenvalue weighted by atomic mass is 10.1. The summed E-state index contributed by atoms with van der Waals surface area (Å²) in [6.45, 7) is 1.82. The Kier molecular flexibility index (Phi) is 5.16. The smallest absolute Gasteiger partial charge is 0.316 e. The average molecular weight is 367 g/mol. The molecule has 27 heavy (non-hydrogen) atoms. The quantitative estimate of drug-likeness (QED) is 0.555. The number of amides is 3. The van der Waals surface area contributed by atoms with Crippen LogP contribution in [0.1, 0.15) is 29.0 Å². The van der Waals surface area contributed by atoms with Crippen molar-refractivity contribution in [2.24, 2.45) is 5.73 Å². The Morgan fingerprint density at radius 3 is 2.52 bits per heavy atom. The number of halogens is 1. The molecule has 0 aliphatic heterocycles. The van der Waals surface area contributed by atoms with Gasteiger partial charge in [0.2, 0.25) is 0 Å². The van der Waals surface area contributed by atoms with Crippen LogP contribution in [0.3, 0.4) is 0 Å². The topological polar surface area (TPSA) is 113 Å². The molecule has 0 fully saturated rings. The van der Waals surface area contributed by atoms with Crippen LogP contribution < -0.4 is 16.4 Å². The largest absolute Gasteiger partial charge is 0.351 e. The highest BCUT2D eigenvalue weighted by Crippen LogP contribution is 2.21. The van der Waals surface area contributed by atoms with Crippen molar-refractivity contribution in [1.82, 2.24) is 15.5 Å². The fourth-order valence-corrected chi connectivity index (χ4v) is 2.60. The van der Waals surface area contributed by atoms with Crippen molar-refractivity contribution in [3.63, 3.8) is 0 Å². The van der Waals surface area contributed by atoms with E-state index >= 15 is 0 Å². The Labute approximate surface area is 154 Å². The third-order valence-electron chi connectivity index (χ3n) is 4.00. The van der Waals surface area contributed by atoms with Crippen molar-refractivity contribution in [3.05, 3.63) is 71.7 Å². The molecule has 3 rings (SSSR count). The number of hydrogen-bond donors (Lipinski definition) is 4. The maximum absolute atomic E-state index is 13.8. The van der Waals surface area contributed by atoms with Crippen molar-refractivity contribution >= 4 is 17.6 Å². The number of hydrogen-bond acceptors (Lipinski definition) is 3. The molecule has 8 heteroatoms. The molecule has 7 nitrogen and oxygen atoms in total. The second-order valence-corrected chi connectivity index (χ2v) is 5.95. The lowest BCUT2D eigenvalue weighted by Gasteiger charge is -2.14. The second kappa shape index (κ2) is 7.69. The monoisotopic (exact) mass is 367 g/mol. The zero-order valence-electron chi connectivity index (χ0n) is 14.5. The molecule has 0 saturated heterocycles. The predicted octanol–water partition coefficient (Wildman–Crippen LogP) is 3.20. The highest BCUT2D eigenvalue weighted by atomic mass is 19.1. The van der Waals surface area contributed by atoms with Gasteiger partial charge in [0.25, 0.3) is 5.91 Å². The van der Waals surface area contributed by atoms with E-state index in [-0.39, 0.29) is 17.6 Å². The molecule has 0 aliphatic rings. The van der Waals surface area contributed by atoms with Gasteiger partial charge in [0.15, 0.2) is 0 Å². The number of rotatable bonds is 5. The van der Waals surface area contributed by atoms with Gasteiger partial charge < -0.3 is 16.4 Å². The highest BCUT2D eigenvalue weighted by Gasteiger charge is 2.16. The lowest BCUT2D eigenvalue weighted by molar-refractivity contribution is 0.0935. The first-order valence-electron chi connectivity index (χ1n) is 8.21. The van der Waals surface area contributed by atoms with Gasteiger partial charge in [-0.2, -0.15) is 5.10 Å². The summed E-state index contributed by atoms with van der Waals surface area (Å²) >= 11 is 0. The van der Waals surface area contributed by atoms with Crippen LogP contribution in [0.2, 0.25) is 0 Å². The van der Waals surface area contributed by atoms with Crippen LogP contribution in [0.25, 0.3) is 11.3 Å². The fourth-order valence-electron chi connectivity index (χ4n) is 2.60. The number of aromatic amines is 1. The molecular weight excluding hydrogens is 349 g/mol. The molecule has 0 saturated carbocycles. The summed E-state index contributed by atoms with van der Waals surface area (Å²) in [6, 6.07) is 13.7. The maximum Gasteiger partial charge on any atom is 0.316 e. The Morgan fingerprint density at radius 1 is 1.15 bits per heavy atom. The van der Waals surface area contributed by atoms with E-state index < -0.39 is 11.8 Å². The summed E-state index contributed by atoms with van der Waals surface area (Å²) in [5.41, 5.74) is 7.37. The number of primary amides is 1. The minimum absolute atomic E-state index is 0.229. The maximum atomic E-state index is 13.8. The van der Waals surface area contributed by atoms with Gasteiger partial charge in [-0.1, -0.05) is 24.3 Å². The molecule has 0 bridgehead atoms. The number of carbonyl (C=O) groups is 2. The summed E-state index contributed by atoms with van der Waals surface area (Å²) in [5.74, 6) is -0.772. The lowest BCUT2D eigenvalue weighted by Crippen LogP contribution is -2.27. The standard InChI is InChI=1S/C19H18FN5O2/c1-11(12-6-8-13(9-7-12)23-19(21)27)22-18(26)17-10-16(24-25-17)14-4-2-3-5-15(14)20/h2-11H,1H3,(H,22,26)(H,24,25)(H3,21,23,27). The summed E-state index contributed by atoms with van der Waals surface area (Å²) in [5, 5.41) is 11.9. The van der Waals surface area contributed by atoms with Crippen molar-refractivity contribution in [2.45, 2.75) is 13.0 Å². The van der Waals surface area contributed by atoms with Gasteiger partial charge in [-0.3, -0.25) is 9.89 Å². The van der Waals surface area contributed by atoms with E-state index in [9.17, 15) is 14.0 Å². The van der Waals surface area contributed by atoms with E-state index in [0.717, 1.165) is 5.56 Å². The molecule has 3 amide bonds. The van der Waals surface area contributed by atoms with Gasteiger partial charge in [-0.15, -0.1) is 0 Å². The Hall–Kier alpha value is -3.68. The molecule has 5 N–H and O–H groups in total. The minimum atomic E-state index is -0.644. The first-order chi connectivity index (χ1) is 12.9. The molecule has 138 valence electrons. The van der Waals surface area contributed by atoms with Crippen LogP contribution in [-0.2, 0) is 0 Å². The first kappa shape index (κ1) is 18.1. The van der Waals surface area contributed by atoms with Crippen LogP contribution in [0.5, 0.6) is 0 Å². The van der Waals surface area contributed by atoms with Gasteiger partial charge in [-0.25, -0.2) is 9.18 Å².